The summed E-state index contributed by atoms with van der Waals surface area (Å²) in [5.74, 6) is -15.7. The molecule has 4 aromatic rings. The van der Waals surface area contributed by atoms with Gasteiger partial charge >= 0.3 is 17.8 Å². The lowest BCUT2D eigenvalue weighted by molar-refractivity contribution is -0.254. The van der Waals surface area contributed by atoms with Crippen molar-refractivity contribution in [2.24, 2.45) is 0 Å². The molecular formula is C27H18F6S. The van der Waals surface area contributed by atoms with Gasteiger partial charge in [-0.1, -0.05) is 66.7 Å². The van der Waals surface area contributed by atoms with E-state index in [2.05, 4.69) is 0 Å². The van der Waals surface area contributed by atoms with Crippen LogP contribution in [0.2, 0.25) is 0 Å². The second-order valence-corrected chi connectivity index (χ2v) is 9.65. The van der Waals surface area contributed by atoms with Crippen LogP contribution in [0.3, 0.4) is 0 Å². The quantitative estimate of drug-likeness (QED) is 0.252. The van der Waals surface area contributed by atoms with Gasteiger partial charge in [-0.15, -0.1) is 11.3 Å². The van der Waals surface area contributed by atoms with E-state index in [1.165, 1.54) is 32.0 Å². The van der Waals surface area contributed by atoms with Crippen molar-refractivity contribution in [1.82, 2.24) is 0 Å². The van der Waals surface area contributed by atoms with Crippen LogP contribution >= 0.6 is 11.3 Å². The molecule has 0 saturated heterocycles. The Morgan fingerprint density at radius 1 is 0.676 bits per heavy atom. The van der Waals surface area contributed by atoms with E-state index in [0.717, 1.165) is 11.3 Å². The Morgan fingerprint density at radius 2 is 1.29 bits per heavy atom. The average Bonchev–Trinajstić information content (AvgIpc) is 3.22. The van der Waals surface area contributed by atoms with Gasteiger partial charge < -0.3 is 0 Å². The molecule has 0 fully saturated rings. The van der Waals surface area contributed by atoms with Gasteiger partial charge in [0.05, 0.1) is 0 Å². The zero-order valence-corrected chi connectivity index (χ0v) is 18.9. The maximum Gasteiger partial charge on any atom is 0.380 e. The van der Waals surface area contributed by atoms with Crippen LogP contribution in [0.25, 0.3) is 32.4 Å². The summed E-state index contributed by atoms with van der Waals surface area (Å²) in [6, 6.07) is 19.6. The number of rotatable bonds is 3. The highest BCUT2D eigenvalue weighted by molar-refractivity contribution is 7.15. The Balaban J connectivity index is 1.90. The normalized spacial score (nSPS) is 18.6. The minimum Gasteiger partial charge on any atom is -0.194 e. The van der Waals surface area contributed by atoms with Crippen LogP contribution in [0.1, 0.15) is 21.6 Å². The van der Waals surface area contributed by atoms with E-state index in [1.807, 2.05) is 0 Å². The van der Waals surface area contributed by atoms with E-state index in [-0.39, 0.29) is 27.0 Å². The molecule has 0 amide bonds. The first-order valence-corrected chi connectivity index (χ1v) is 11.3. The van der Waals surface area contributed by atoms with Gasteiger partial charge in [-0.2, -0.15) is 26.3 Å². The molecule has 3 aromatic carbocycles. The summed E-state index contributed by atoms with van der Waals surface area (Å²) < 4.78 is 91.1. The third-order valence-electron chi connectivity index (χ3n) is 6.30. The minimum atomic E-state index is -5.59. The van der Waals surface area contributed by atoms with E-state index in [0.29, 0.717) is 15.8 Å². The van der Waals surface area contributed by atoms with Crippen molar-refractivity contribution in [2.75, 3.05) is 0 Å². The molecule has 0 spiro atoms. The van der Waals surface area contributed by atoms with Crippen molar-refractivity contribution >= 4 is 33.3 Å². The summed E-state index contributed by atoms with van der Waals surface area (Å²) in [6.07, 6.45) is 0. The molecule has 1 heterocycles. The van der Waals surface area contributed by atoms with Crippen molar-refractivity contribution in [3.05, 3.63) is 94.4 Å². The molecular weight excluding hydrogens is 470 g/mol. The summed E-state index contributed by atoms with van der Waals surface area (Å²) in [7, 11) is 0. The van der Waals surface area contributed by atoms with Crippen molar-refractivity contribution in [2.45, 2.75) is 31.6 Å². The molecule has 1 aromatic heterocycles. The van der Waals surface area contributed by atoms with Gasteiger partial charge in [0.2, 0.25) is 0 Å². The van der Waals surface area contributed by atoms with Crippen molar-refractivity contribution in [3.63, 3.8) is 0 Å². The second kappa shape index (κ2) is 7.47. The molecule has 0 radical (unpaired) electrons. The van der Waals surface area contributed by atoms with Crippen molar-refractivity contribution in [3.8, 4) is 10.4 Å². The van der Waals surface area contributed by atoms with Crippen molar-refractivity contribution in [1.29, 1.82) is 0 Å². The number of hydrogen-bond acceptors (Lipinski definition) is 1. The molecule has 0 atom stereocenters. The number of alkyl halides is 6. The fourth-order valence-electron chi connectivity index (χ4n) is 4.60. The van der Waals surface area contributed by atoms with Gasteiger partial charge in [0.25, 0.3) is 0 Å². The number of halogens is 6. The molecule has 7 heteroatoms. The number of allylic oxidation sites excluding steroid dienone is 2. The summed E-state index contributed by atoms with van der Waals surface area (Å²) >= 11 is 1.10. The van der Waals surface area contributed by atoms with Gasteiger partial charge in [-0.3, -0.25) is 0 Å². The molecule has 1 aliphatic carbocycles. The predicted octanol–water partition coefficient (Wildman–Crippen LogP) is 9.02. The molecule has 174 valence electrons. The predicted molar refractivity (Wildman–Crippen MR) is 125 cm³/mol. The lowest BCUT2D eigenvalue weighted by Gasteiger charge is -2.26. The highest BCUT2D eigenvalue weighted by Crippen LogP contribution is 2.66. The fraction of sp³-hybridized carbons (Fsp3) is 0.185. The maximum absolute atomic E-state index is 15.4. The first kappa shape index (κ1) is 22.7. The zero-order chi connectivity index (χ0) is 24.5. The fourth-order valence-corrected chi connectivity index (χ4v) is 5.63. The van der Waals surface area contributed by atoms with Gasteiger partial charge in [0.1, 0.15) is 0 Å². The Morgan fingerprint density at radius 3 is 2.00 bits per heavy atom. The van der Waals surface area contributed by atoms with Crippen molar-refractivity contribution < 1.29 is 26.3 Å². The van der Waals surface area contributed by atoms with Crippen LogP contribution in [-0.2, 0) is 0 Å². The number of aryl methyl sites for hydroxylation is 2. The lowest BCUT2D eigenvalue weighted by atomic mass is 9.88. The third-order valence-corrected chi connectivity index (χ3v) is 7.40. The molecule has 5 rings (SSSR count). The Kier molecular flexibility index (Phi) is 4.99. The Bertz CT molecular complexity index is 1450. The molecule has 0 nitrogen and oxygen atoms in total. The summed E-state index contributed by atoms with van der Waals surface area (Å²) in [5, 5.41) is 0.718. The average molecular weight is 488 g/mol. The number of benzene rings is 3. The van der Waals surface area contributed by atoms with Crippen LogP contribution in [-0.4, -0.2) is 17.8 Å². The number of hydrogen-bond donors (Lipinski definition) is 0. The first-order chi connectivity index (χ1) is 16.0. The van der Waals surface area contributed by atoms with Crippen LogP contribution in [0.4, 0.5) is 26.3 Å². The maximum atomic E-state index is 15.4. The van der Waals surface area contributed by atoms with E-state index in [1.54, 1.807) is 54.6 Å². The van der Waals surface area contributed by atoms with E-state index in [9.17, 15) is 8.78 Å². The Labute approximate surface area is 196 Å². The minimum absolute atomic E-state index is 0.218. The zero-order valence-electron chi connectivity index (χ0n) is 18.1. The van der Waals surface area contributed by atoms with Gasteiger partial charge in [0, 0.05) is 20.9 Å². The van der Waals surface area contributed by atoms with Crippen LogP contribution in [0.5, 0.6) is 0 Å². The van der Waals surface area contributed by atoms with Crippen LogP contribution < -0.4 is 0 Å². The summed E-state index contributed by atoms with van der Waals surface area (Å²) in [4.78, 5) is 0.793. The van der Waals surface area contributed by atoms with E-state index in [4.69, 9.17) is 0 Å². The Hall–Kier alpha value is -3.06. The standard InChI is InChI=1S/C27H18F6S/c1-15-12-13-17-8-6-7-11-19(17)22(15)24-23(25(28,29)27(32,33)26(24,30)31)20-14-21(34-16(20)2)18-9-4-3-5-10-18/h3-14H,1-2H3. The largest absolute Gasteiger partial charge is 0.380 e. The van der Waals surface area contributed by atoms with Crippen LogP contribution in [0, 0.1) is 13.8 Å². The second-order valence-electron chi connectivity index (χ2n) is 8.40. The van der Waals surface area contributed by atoms with Gasteiger partial charge in [-0.05, 0) is 52.9 Å². The van der Waals surface area contributed by atoms with Crippen LogP contribution in [0.15, 0.2) is 72.8 Å². The number of fused-ring (bicyclic) bond motifs is 1. The lowest BCUT2D eigenvalue weighted by Crippen LogP contribution is -2.49. The first-order valence-electron chi connectivity index (χ1n) is 10.5. The highest BCUT2D eigenvalue weighted by atomic mass is 32.1. The summed E-state index contributed by atoms with van der Waals surface area (Å²) in [5.41, 5.74) is -2.27. The SMILES string of the molecule is Cc1ccc2ccccc2c1C1=C(c2cc(-c3ccccc3)sc2C)C(F)(F)C(F)(F)C1(F)F. The van der Waals surface area contributed by atoms with E-state index >= 15 is 17.6 Å². The molecule has 1 aliphatic rings. The molecule has 0 aliphatic heterocycles. The van der Waals surface area contributed by atoms with E-state index < -0.39 is 28.9 Å². The number of thiophene rings is 1. The monoisotopic (exact) mass is 488 g/mol. The highest BCUT2D eigenvalue weighted by Gasteiger charge is 2.80. The smallest absolute Gasteiger partial charge is 0.194 e. The molecule has 34 heavy (non-hydrogen) atoms. The van der Waals surface area contributed by atoms with Gasteiger partial charge in [-0.25, -0.2) is 0 Å². The molecule has 0 saturated carbocycles. The molecule has 0 unspecified atom stereocenters. The third kappa shape index (κ3) is 2.99. The van der Waals surface area contributed by atoms with Gasteiger partial charge in [0.15, 0.2) is 0 Å². The molecule has 0 N–H and O–H groups in total. The molecule has 0 bridgehead atoms. The summed E-state index contributed by atoms with van der Waals surface area (Å²) in [6.45, 7) is 2.95. The topological polar surface area (TPSA) is 0 Å².